The van der Waals surface area contributed by atoms with Crippen molar-refractivity contribution in [2.45, 2.75) is 13.3 Å². The molecule has 82 valence electrons. The Balaban J connectivity index is 2.46. The first kappa shape index (κ1) is 11.5. The summed E-state index contributed by atoms with van der Waals surface area (Å²) in [5, 5.41) is 1.21. The minimum absolute atomic E-state index is 0.596. The minimum atomic E-state index is 0.596. The van der Waals surface area contributed by atoms with Crippen molar-refractivity contribution in [3.8, 4) is 11.1 Å². The van der Waals surface area contributed by atoms with E-state index >= 15 is 0 Å². The Kier molecular flexibility index (Phi) is 3.52. The van der Waals surface area contributed by atoms with E-state index in [2.05, 4.69) is 31.2 Å². The van der Waals surface area contributed by atoms with Crippen LogP contribution in [0.4, 0.5) is 0 Å². The largest absolute Gasteiger partial charge is 0.0827 e. The van der Waals surface area contributed by atoms with Gasteiger partial charge in [-0.05, 0) is 23.6 Å². The summed E-state index contributed by atoms with van der Waals surface area (Å²) in [5.74, 6) is 0. The second kappa shape index (κ2) is 4.90. The summed E-state index contributed by atoms with van der Waals surface area (Å²) < 4.78 is 0. The first-order valence-electron chi connectivity index (χ1n) is 5.25. The Hall–Kier alpha value is -0.980. The summed E-state index contributed by atoms with van der Waals surface area (Å²) in [7, 11) is 0. The highest BCUT2D eigenvalue weighted by Crippen LogP contribution is 2.33. The highest BCUT2D eigenvalue weighted by molar-refractivity contribution is 6.43. The van der Waals surface area contributed by atoms with E-state index in [-0.39, 0.29) is 0 Å². The van der Waals surface area contributed by atoms with Crippen molar-refractivity contribution in [2.24, 2.45) is 0 Å². The number of rotatable bonds is 2. The predicted octanol–water partition coefficient (Wildman–Crippen LogP) is 5.22. The first-order chi connectivity index (χ1) is 7.72. The number of aryl methyl sites for hydroxylation is 1. The fraction of sp³-hybridized carbons (Fsp3) is 0.143. The van der Waals surface area contributed by atoms with Gasteiger partial charge >= 0.3 is 0 Å². The molecule has 0 saturated carbocycles. The summed E-state index contributed by atoms with van der Waals surface area (Å²) in [4.78, 5) is 0. The molecule has 0 aromatic heterocycles. The van der Waals surface area contributed by atoms with Gasteiger partial charge in [-0.2, -0.15) is 0 Å². The summed E-state index contributed by atoms with van der Waals surface area (Å²) >= 11 is 12.2. The van der Waals surface area contributed by atoms with Crippen molar-refractivity contribution in [3.05, 3.63) is 58.1 Å². The maximum atomic E-state index is 6.17. The molecular formula is C14H12Cl2. The van der Waals surface area contributed by atoms with Gasteiger partial charge in [0.05, 0.1) is 10.0 Å². The lowest BCUT2D eigenvalue weighted by Gasteiger charge is -2.06. The highest BCUT2D eigenvalue weighted by atomic mass is 35.5. The van der Waals surface area contributed by atoms with Gasteiger partial charge in [-0.25, -0.2) is 0 Å². The quantitative estimate of drug-likeness (QED) is 0.686. The second-order valence-corrected chi connectivity index (χ2v) is 4.44. The molecule has 0 nitrogen and oxygen atoms in total. The van der Waals surface area contributed by atoms with Crippen LogP contribution < -0.4 is 0 Å². The van der Waals surface area contributed by atoms with Crippen molar-refractivity contribution in [1.29, 1.82) is 0 Å². The molecule has 0 aliphatic heterocycles. The van der Waals surface area contributed by atoms with E-state index in [9.17, 15) is 0 Å². The summed E-state index contributed by atoms with van der Waals surface area (Å²) in [6.07, 6.45) is 1.05. The molecule has 0 heterocycles. The number of halogens is 2. The van der Waals surface area contributed by atoms with Gasteiger partial charge in [-0.15, -0.1) is 0 Å². The molecular weight excluding hydrogens is 239 g/mol. The van der Waals surface area contributed by atoms with Gasteiger partial charge in [0.15, 0.2) is 0 Å². The number of hydrogen-bond donors (Lipinski definition) is 0. The lowest BCUT2D eigenvalue weighted by Crippen LogP contribution is -1.83. The monoisotopic (exact) mass is 250 g/mol. The van der Waals surface area contributed by atoms with Crippen LogP contribution in [-0.4, -0.2) is 0 Å². The average molecular weight is 251 g/mol. The topological polar surface area (TPSA) is 0 Å². The highest BCUT2D eigenvalue weighted by Gasteiger charge is 2.05. The molecule has 0 spiro atoms. The van der Waals surface area contributed by atoms with Gasteiger partial charge in [-0.3, -0.25) is 0 Å². The maximum absolute atomic E-state index is 6.17. The van der Waals surface area contributed by atoms with Gasteiger partial charge < -0.3 is 0 Å². The average Bonchev–Trinajstić information content (AvgIpc) is 2.33. The second-order valence-electron chi connectivity index (χ2n) is 3.65. The van der Waals surface area contributed by atoms with E-state index < -0.39 is 0 Å². The molecule has 0 unspecified atom stereocenters. The van der Waals surface area contributed by atoms with E-state index in [1.807, 2.05) is 12.1 Å². The van der Waals surface area contributed by atoms with Gasteiger partial charge in [-0.1, -0.05) is 66.5 Å². The Bertz CT molecular complexity index is 487. The van der Waals surface area contributed by atoms with Crippen LogP contribution >= 0.6 is 23.2 Å². The van der Waals surface area contributed by atoms with E-state index in [1.54, 1.807) is 6.07 Å². The molecule has 0 bridgehead atoms. The van der Waals surface area contributed by atoms with Crippen LogP contribution in [0.3, 0.4) is 0 Å². The van der Waals surface area contributed by atoms with E-state index in [0.29, 0.717) is 10.0 Å². The van der Waals surface area contributed by atoms with Crippen LogP contribution in [-0.2, 0) is 6.42 Å². The van der Waals surface area contributed by atoms with Gasteiger partial charge in [0.2, 0.25) is 0 Å². The summed E-state index contributed by atoms with van der Waals surface area (Å²) in [6.45, 7) is 2.14. The molecule has 0 fully saturated rings. The minimum Gasteiger partial charge on any atom is -0.0827 e. The molecule has 0 aliphatic rings. The van der Waals surface area contributed by atoms with Crippen molar-refractivity contribution in [3.63, 3.8) is 0 Å². The van der Waals surface area contributed by atoms with Crippen LogP contribution in [0.25, 0.3) is 11.1 Å². The molecule has 0 atom stereocenters. The molecule has 0 aliphatic carbocycles. The summed E-state index contributed by atoms with van der Waals surface area (Å²) in [6, 6.07) is 14.1. The Morgan fingerprint density at radius 1 is 0.938 bits per heavy atom. The molecule has 2 aromatic rings. The molecule has 2 aromatic carbocycles. The first-order valence-corrected chi connectivity index (χ1v) is 6.01. The Morgan fingerprint density at radius 3 is 2.25 bits per heavy atom. The molecule has 0 N–H and O–H groups in total. The molecule has 2 rings (SSSR count). The third-order valence-electron chi connectivity index (χ3n) is 2.62. The molecule has 0 radical (unpaired) electrons. The maximum Gasteiger partial charge on any atom is 0.0670 e. The smallest absolute Gasteiger partial charge is 0.0670 e. The third kappa shape index (κ3) is 2.23. The molecule has 0 saturated heterocycles. The van der Waals surface area contributed by atoms with Crippen molar-refractivity contribution < 1.29 is 0 Å². The van der Waals surface area contributed by atoms with Gasteiger partial charge in [0, 0.05) is 5.56 Å². The van der Waals surface area contributed by atoms with Gasteiger partial charge in [0.1, 0.15) is 0 Å². The lowest BCUT2D eigenvalue weighted by molar-refractivity contribution is 1.14. The van der Waals surface area contributed by atoms with Crippen LogP contribution in [0.5, 0.6) is 0 Å². The fourth-order valence-electron chi connectivity index (χ4n) is 1.65. The zero-order chi connectivity index (χ0) is 11.5. The summed E-state index contributed by atoms with van der Waals surface area (Å²) in [5.41, 5.74) is 3.41. The van der Waals surface area contributed by atoms with E-state index in [4.69, 9.17) is 23.2 Å². The molecule has 2 heteroatoms. The fourth-order valence-corrected chi connectivity index (χ4v) is 2.06. The normalized spacial score (nSPS) is 10.4. The molecule has 0 amide bonds. The van der Waals surface area contributed by atoms with Crippen molar-refractivity contribution in [2.75, 3.05) is 0 Å². The van der Waals surface area contributed by atoms with E-state index in [1.165, 1.54) is 5.56 Å². The number of benzene rings is 2. The standard InChI is InChI=1S/C14H12Cl2/c1-2-10-6-8-11(9-7-10)12-4-3-5-13(15)14(12)16/h3-9H,2H2,1H3. The SMILES string of the molecule is CCc1ccc(-c2cccc(Cl)c2Cl)cc1. The van der Waals surface area contributed by atoms with Crippen LogP contribution in [0.2, 0.25) is 10.0 Å². The van der Waals surface area contributed by atoms with Crippen molar-refractivity contribution in [1.82, 2.24) is 0 Å². The van der Waals surface area contributed by atoms with Gasteiger partial charge in [0.25, 0.3) is 0 Å². The third-order valence-corrected chi connectivity index (χ3v) is 3.44. The van der Waals surface area contributed by atoms with E-state index in [0.717, 1.165) is 17.5 Å². The zero-order valence-corrected chi connectivity index (χ0v) is 10.5. The van der Waals surface area contributed by atoms with Crippen LogP contribution in [0.1, 0.15) is 12.5 Å². The predicted molar refractivity (Wildman–Crippen MR) is 71.3 cm³/mol. The zero-order valence-electron chi connectivity index (χ0n) is 9.00. The molecule has 16 heavy (non-hydrogen) atoms. The van der Waals surface area contributed by atoms with Crippen LogP contribution in [0.15, 0.2) is 42.5 Å². The lowest BCUT2D eigenvalue weighted by atomic mass is 10.0. The number of hydrogen-bond acceptors (Lipinski definition) is 0. The Morgan fingerprint density at radius 2 is 1.62 bits per heavy atom. The van der Waals surface area contributed by atoms with Crippen molar-refractivity contribution >= 4 is 23.2 Å². The Labute approximate surface area is 106 Å². The van der Waals surface area contributed by atoms with Crippen LogP contribution in [0, 0.1) is 0 Å².